The lowest BCUT2D eigenvalue weighted by Gasteiger charge is -2.33. The number of nitrogens with zero attached hydrogens (tertiary/aromatic N) is 8. The van der Waals surface area contributed by atoms with Gasteiger partial charge in [0.25, 0.3) is 0 Å². The zero-order chi connectivity index (χ0) is 36.2. The van der Waals surface area contributed by atoms with Gasteiger partial charge in [-0.2, -0.15) is 9.97 Å². The van der Waals surface area contributed by atoms with Crippen LogP contribution in [-0.4, -0.2) is 93.9 Å². The van der Waals surface area contributed by atoms with Crippen LogP contribution in [-0.2, 0) is 40.6 Å². The molecule has 0 radical (unpaired) electrons. The fourth-order valence-electron chi connectivity index (χ4n) is 6.73. The standard InChI is InChI=1S/C35H53N11O5/c1-4-5-18-50-35-39-32(36)31(38-2)34(40-35)45(24-47)22-27-11-10-25(20-28(27)49-3)21-43-14-12-26(13-15-43)33-42-41-29-23-44(16-17-46(29)33)30(48)9-7-6-8-19-51-37/h10-11,20,24,26,38H,4-9,12-19,21-23,37H2,1-3H3,(H2,36,39,40). The zero-order valence-corrected chi connectivity index (χ0v) is 30.2. The molecular weight excluding hydrogens is 654 g/mol. The number of nitrogens with two attached hydrogens (primary N) is 2. The van der Waals surface area contributed by atoms with E-state index < -0.39 is 0 Å². The maximum Gasteiger partial charge on any atom is 0.320 e. The molecule has 0 atom stereocenters. The van der Waals surface area contributed by atoms with Gasteiger partial charge in [0.2, 0.25) is 12.3 Å². The van der Waals surface area contributed by atoms with Crippen LogP contribution in [0.15, 0.2) is 18.2 Å². The summed E-state index contributed by atoms with van der Waals surface area (Å²) in [7, 11) is 3.34. The molecule has 0 saturated carbocycles. The van der Waals surface area contributed by atoms with E-state index in [0.717, 1.165) is 100 Å². The van der Waals surface area contributed by atoms with Crippen LogP contribution in [0.3, 0.4) is 0 Å². The third-order valence-electron chi connectivity index (χ3n) is 9.61. The number of carbonyl (C=O) groups is 2. The molecule has 278 valence electrons. The van der Waals surface area contributed by atoms with E-state index in [9.17, 15) is 9.59 Å². The number of hydrogen-bond acceptors (Lipinski definition) is 13. The van der Waals surface area contributed by atoms with E-state index >= 15 is 0 Å². The first kappa shape index (κ1) is 37.7. The number of piperidine rings is 1. The molecule has 1 aromatic carbocycles. The van der Waals surface area contributed by atoms with Crippen molar-refractivity contribution in [3.05, 3.63) is 41.0 Å². The number of anilines is 3. The lowest BCUT2D eigenvalue weighted by atomic mass is 9.95. The Morgan fingerprint density at radius 1 is 1.08 bits per heavy atom. The van der Waals surface area contributed by atoms with Gasteiger partial charge in [0.05, 0.1) is 33.4 Å². The third-order valence-corrected chi connectivity index (χ3v) is 9.61. The summed E-state index contributed by atoms with van der Waals surface area (Å²) in [5.41, 5.74) is 8.60. The first-order valence-electron chi connectivity index (χ1n) is 18.0. The van der Waals surface area contributed by atoms with Gasteiger partial charge in [0.15, 0.2) is 17.5 Å². The lowest BCUT2D eigenvalue weighted by molar-refractivity contribution is -0.132. The van der Waals surface area contributed by atoms with Gasteiger partial charge in [0.1, 0.15) is 17.3 Å². The van der Waals surface area contributed by atoms with E-state index in [-0.39, 0.29) is 24.3 Å². The number of ether oxygens (including phenoxy) is 2. The summed E-state index contributed by atoms with van der Waals surface area (Å²) in [6.45, 7) is 7.83. The van der Waals surface area contributed by atoms with Gasteiger partial charge < -0.3 is 34.8 Å². The van der Waals surface area contributed by atoms with Crippen molar-refractivity contribution in [2.45, 2.75) is 90.4 Å². The number of methoxy groups -OCH3 is 1. The highest BCUT2D eigenvalue weighted by atomic mass is 16.6. The molecule has 2 amide bonds. The number of nitrogens with one attached hydrogen (secondary N) is 1. The maximum atomic E-state index is 12.8. The number of aromatic nitrogens is 5. The minimum Gasteiger partial charge on any atom is -0.496 e. The highest BCUT2D eigenvalue weighted by Gasteiger charge is 2.30. The van der Waals surface area contributed by atoms with E-state index in [1.807, 2.05) is 17.0 Å². The molecule has 5 N–H and O–H groups in total. The van der Waals surface area contributed by atoms with Crippen LogP contribution in [0.5, 0.6) is 11.8 Å². The number of hydrogen-bond donors (Lipinski definition) is 3. The summed E-state index contributed by atoms with van der Waals surface area (Å²) in [4.78, 5) is 44.3. The topological polar surface area (TPSA) is 192 Å². The molecule has 0 spiro atoms. The molecule has 3 aromatic rings. The molecule has 51 heavy (non-hydrogen) atoms. The smallest absolute Gasteiger partial charge is 0.320 e. The quantitative estimate of drug-likeness (QED) is 0.0936. The van der Waals surface area contributed by atoms with Gasteiger partial charge in [-0.1, -0.05) is 31.9 Å². The predicted octanol–water partition coefficient (Wildman–Crippen LogP) is 3.22. The Bertz CT molecular complexity index is 1590. The van der Waals surface area contributed by atoms with Crippen molar-refractivity contribution in [3.8, 4) is 11.8 Å². The van der Waals surface area contributed by atoms with Crippen LogP contribution in [0.25, 0.3) is 0 Å². The van der Waals surface area contributed by atoms with E-state index in [1.165, 1.54) is 4.90 Å². The van der Waals surface area contributed by atoms with E-state index in [0.29, 0.717) is 55.9 Å². The molecular formula is C35H53N11O5. The highest BCUT2D eigenvalue weighted by Crippen LogP contribution is 2.33. The van der Waals surface area contributed by atoms with Crippen LogP contribution >= 0.6 is 0 Å². The van der Waals surface area contributed by atoms with E-state index in [1.54, 1.807) is 14.2 Å². The average molecular weight is 708 g/mol. The molecule has 16 heteroatoms. The van der Waals surface area contributed by atoms with E-state index in [4.69, 9.17) is 21.1 Å². The molecule has 1 fully saturated rings. The maximum absolute atomic E-state index is 12.8. The second-order valence-electron chi connectivity index (χ2n) is 13.1. The van der Waals surface area contributed by atoms with Crippen LogP contribution in [0, 0.1) is 0 Å². The number of unbranched alkanes of at least 4 members (excludes halogenated alkanes) is 3. The number of benzene rings is 1. The minimum atomic E-state index is 0.132. The summed E-state index contributed by atoms with van der Waals surface area (Å²) >= 11 is 0. The van der Waals surface area contributed by atoms with Crippen molar-refractivity contribution in [3.63, 3.8) is 0 Å². The monoisotopic (exact) mass is 707 g/mol. The van der Waals surface area contributed by atoms with Crippen LogP contribution in [0.1, 0.15) is 87.0 Å². The summed E-state index contributed by atoms with van der Waals surface area (Å²) in [6.07, 6.45) is 7.65. The van der Waals surface area contributed by atoms with Gasteiger partial charge in [-0.3, -0.25) is 19.4 Å². The van der Waals surface area contributed by atoms with Gasteiger partial charge in [-0.25, -0.2) is 5.90 Å². The van der Waals surface area contributed by atoms with Crippen molar-refractivity contribution >= 4 is 29.6 Å². The second kappa shape index (κ2) is 18.6. The summed E-state index contributed by atoms with van der Waals surface area (Å²) in [5.74, 6) is 8.70. The number of amides is 2. The van der Waals surface area contributed by atoms with Gasteiger partial charge in [-0.15, -0.1) is 10.2 Å². The highest BCUT2D eigenvalue weighted by molar-refractivity contribution is 5.85. The molecule has 0 unspecified atom stereocenters. The summed E-state index contributed by atoms with van der Waals surface area (Å²) < 4.78 is 13.7. The molecule has 16 nitrogen and oxygen atoms in total. The van der Waals surface area contributed by atoms with Crippen molar-refractivity contribution < 1.29 is 23.9 Å². The number of carbonyl (C=O) groups excluding carboxylic acids is 2. The van der Waals surface area contributed by atoms with Crippen molar-refractivity contribution in [1.29, 1.82) is 0 Å². The average Bonchev–Trinajstić information content (AvgIpc) is 3.57. The number of fused-ring (bicyclic) bond motifs is 1. The number of rotatable bonds is 19. The number of nitrogen functional groups attached to an aromatic ring is 1. The Morgan fingerprint density at radius 3 is 2.63 bits per heavy atom. The van der Waals surface area contributed by atoms with Crippen LogP contribution in [0.4, 0.5) is 17.3 Å². The van der Waals surface area contributed by atoms with Gasteiger partial charge >= 0.3 is 6.01 Å². The lowest BCUT2D eigenvalue weighted by Crippen LogP contribution is -2.39. The SMILES string of the molecule is CCCCOc1nc(N)c(NC)c(N(C=O)Cc2ccc(CN3CCC(c4nnc5n4CCN(C(=O)CCCCCON)C5)CC3)cc2OC)n1. The van der Waals surface area contributed by atoms with Crippen LogP contribution in [0.2, 0.25) is 0 Å². The summed E-state index contributed by atoms with van der Waals surface area (Å²) in [5, 5.41) is 12.1. The number of likely N-dealkylation sites (tertiary alicyclic amines) is 1. The second-order valence-corrected chi connectivity index (χ2v) is 13.1. The molecule has 1 saturated heterocycles. The fourth-order valence-corrected chi connectivity index (χ4v) is 6.73. The molecule has 5 rings (SSSR count). The predicted molar refractivity (Wildman–Crippen MR) is 193 cm³/mol. The van der Waals surface area contributed by atoms with Crippen molar-refractivity contribution in [1.82, 2.24) is 34.5 Å². The first-order chi connectivity index (χ1) is 24.9. The Morgan fingerprint density at radius 2 is 1.90 bits per heavy atom. The third kappa shape index (κ3) is 9.62. The van der Waals surface area contributed by atoms with Crippen molar-refractivity contribution in [2.24, 2.45) is 5.90 Å². The normalized spacial score (nSPS) is 15.0. The van der Waals surface area contributed by atoms with E-state index in [2.05, 4.69) is 52.8 Å². The Balaban J connectivity index is 1.16. The van der Waals surface area contributed by atoms with Gasteiger partial charge in [0, 0.05) is 44.6 Å². The van der Waals surface area contributed by atoms with Gasteiger partial charge in [-0.05, 0) is 56.8 Å². The molecule has 4 heterocycles. The fraction of sp³-hybridized carbons (Fsp3) is 0.600. The Hall–Kier alpha value is -4.54. The van der Waals surface area contributed by atoms with Crippen LogP contribution < -0.4 is 31.3 Å². The molecule has 2 aliphatic rings. The minimum absolute atomic E-state index is 0.132. The zero-order valence-electron chi connectivity index (χ0n) is 30.2. The molecule has 2 aliphatic heterocycles. The molecule has 2 aromatic heterocycles. The first-order valence-corrected chi connectivity index (χ1v) is 18.0. The largest absolute Gasteiger partial charge is 0.496 e. The molecule has 0 bridgehead atoms. The van der Waals surface area contributed by atoms with Crippen molar-refractivity contribution in [2.75, 3.05) is 63.0 Å². The Labute approximate surface area is 299 Å². The molecule has 0 aliphatic carbocycles. The summed E-state index contributed by atoms with van der Waals surface area (Å²) in [6, 6.07) is 6.24. The Kier molecular flexibility index (Phi) is 13.8.